The van der Waals surface area contributed by atoms with Crippen molar-refractivity contribution in [3.8, 4) is 0 Å². The van der Waals surface area contributed by atoms with Gasteiger partial charge in [0.25, 0.3) is 11.5 Å². The summed E-state index contributed by atoms with van der Waals surface area (Å²) >= 11 is 0. The van der Waals surface area contributed by atoms with Crippen LogP contribution in [0.3, 0.4) is 0 Å². The summed E-state index contributed by atoms with van der Waals surface area (Å²) in [6.07, 6.45) is 1.96. The molecule has 2 rings (SSSR count). The number of H-pyrrole nitrogens is 2. The van der Waals surface area contributed by atoms with E-state index in [9.17, 15) is 14.4 Å². The number of hydrogen-bond donors (Lipinski definition) is 3. The summed E-state index contributed by atoms with van der Waals surface area (Å²) < 4.78 is 0. The van der Waals surface area contributed by atoms with Gasteiger partial charge in [-0.05, 0) is 12.3 Å². The number of nitrogens with two attached hydrogens (primary N) is 1. The highest BCUT2D eigenvalue weighted by molar-refractivity contribution is 5.93. The van der Waals surface area contributed by atoms with Crippen LogP contribution >= 0.6 is 0 Å². The van der Waals surface area contributed by atoms with Crippen molar-refractivity contribution >= 4 is 5.91 Å². The van der Waals surface area contributed by atoms with E-state index in [-0.39, 0.29) is 11.6 Å². The highest BCUT2D eigenvalue weighted by Crippen LogP contribution is 2.16. The molecule has 1 saturated heterocycles. The summed E-state index contributed by atoms with van der Waals surface area (Å²) in [4.78, 5) is 40.4. The van der Waals surface area contributed by atoms with E-state index >= 15 is 0 Å². The fourth-order valence-electron chi connectivity index (χ4n) is 2.02. The zero-order valence-corrected chi connectivity index (χ0v) is 10.1. The molecule has 0 saturated carbocycles. The number of nitrogens with one attached hydrogen (secondary N) is 2. The molecule has 7 heteroatoms. The van der Waals surface area contributed by atoms with Gasteiger partial charge in [0.2, 0.25) is 0 Å². The molecule has 1 fully saturated rings. The third-order valence-corrected chi connectivity index (χ3v) is 3.35. The van der Waals surface area contributed by atoms with Crippen LogP contribution in [0.2, 0.25) is 0 Å². The second kappa shape index (κ2) is 4.77. The minimum atomic E-state index is -0.670. The van der Waals surface area contributed by atoms with Crippen molar-refractivity contribution in [3.05, 3.63) is 32.6 Å². The van der Waals surface area contributed by atoms with E-state index in [1.807, 2.05) is 11.9 Å². The predicted molar refractivity (Wildman–Crippen MR) is 65.3 cm³/mol. The van der Waals surface area contributed by atoms with Gasteiger partial charge in [-0.3, -0.25) is 14.6 Å². The van der Waals surface area contributed by atoms with E-state index in [2.05, 4.69) is 4.98 Å². The van der Waals surface area contributed by atoms with E-state index in [0.29, 0.717) is 19.0 Å². The van der Waals surface area contributed by atoms with Gasteiger partial charge in [-0.15, -0.1) is 0 Å². The van der Waals surface area contributed by atoms with E-state index in [1.54, 1.807) is 4.90 Å². The van der Waals surface area contributed by atoms with Crippen LogP contribution in [0.5, 0.6) is 0 Å². The van der Waals surface area contributed by atoms with Gasteiger partial charge in [-0.1, -0.05) is 6.92 Å². The van der Waals surface area contributed by atoms with Crippen molar-refractivity contribution in [2.45, 2.75) is 19.4 Å². The van der Waals surface area contributed by atoms with Gasteiger partial charge in [0, 0.05) is 25.3 Å². The quantitative estimate of drug-likeness (QED) is 0.587. The van der Waals surface area contributed by atoms with Crippen molar-refractivity contribution < 1.29 is 4.79 Å². The van der Waals surface area contributed by atoms with Crippen molar-refractivity contribution in [2.24, 2.45) is 11.7 Å². The minimum Gasteiger partial charge on any atom is -0.337 e. The maximum atomic E-state index is 12.1. The predicted octanol–water partition coefficient (Wildman–Crippen LogP) is -1.13. The Morgan fingerprint density at radius 1 is 1.50 bits per heavy atom. The van der Waals surface area contributed by atoms with Crippen LogP contribution in [0, 0.1) is 5.92 Å². The van der Waals surface area contributed by atoms with Gasteiger partial charge in [0.05, 0.1) is 0 Å². The molecule has 4 N–H and O–H groups in total. The Bertz CT molecular complexity index is 562. The van der Waals surface area contributed by atoms with Crippen molar-refractivity contribution in [3.63, 3.8) is 0 Å². The molecule has 0 radical (unpaired) electrons. The average Bonchev–Trinajstić information content (AvgIpc) is 2.32. The highest BCUT2D eigenvalue weighted by Gasteiger charge is 2.28. The number of nitrogens with zero attached hydrogens (tertiary/aromatic N) is 1. The lowest BCUT2D eigenvalue weighted by atomic mass is 9.94. The number of aromatic amines is 2. The zero-order valence-electron chi connectivity index (χ0n) is 10.1. The smallest absolute Gasteiger partial charge is 0.325 e. The number of carbonyl (C=O) groups is 1. The van der Waals surface area contributed by atoms with Crippen LogP contribution in [-0.4, -0.2) is 39.9 Å². The normalized spacial score (nSPS) is 24.0. The summed E-state index contributed by atoms with van der Waals surface area (Å²) in [7, 11) is 0. The minimum absolute atomic E-state index is 0.0589. The molecule has 98 valence electrons. The first-order valence-corrected chi connectivity index (χ1v) is 5.86. The summed E-state index contributed by atoms with van der Waals surface area (Å²) in [5.41, 5.74) is 4.56. The lowest BCUT2D eigenvalue weighted by Gasteiger charge is -2.34. The van der Waals surface area contributed by atoms with Gasteiger partial charge in [-0.2, -0.15) is 0 Å². The molecule has 1 aliphatic heterocycles. The number of amides is 1. The number of hydrogen-bond acceptors (Lipinski definition) is 4. The second-order valence-electron chi connectivity index (χ2n) is 4.67. The zero-order chi connectivity index (χ0) is 13.3. The first-order chi connectivity index (χ1) is 8.49. The fourth-order valence-corrected chi connectivity index (χ4v) is 2.02. The maximum Gasteiger partial charge on any atom is 0.325 e. The number of rotatable bonds is 1. The fraction of sp³-hybridized carbons (Fsp3) is 0.545. The molecule has 0 aromatic carbocycles. The Kier molecular flexibility index (Phi) is 3.33. The third kappa shape index (κ3) is 2.35. The molecular weight excluding hydrogens is 236 g/mol. The lowest BCUT2D eigenvalue weighted by Crippen LogP contribution is -2.50. The highest BCUT2D eigenvalue weighted by atomic mass is 16.2. The number of carbonyl (C=O) groups excluding carboxylic acids is 1. The third-order valence-electron chi connectivity index (χ3n) is 3.35. The standard InChI is InChI=1S/C11H16N4O3/c1-6-2-3-15(5-8(6)12)10(17)7-4-13-11(18)14-9(7)16/h4,6,8H,2-3,5,12H2,1H3,(H2,13,14,16,18). The summed E-state index contributed by atoms with van der Waals surface area (Å²) in [5, 5.41) is 0. The molecule has 0 bridgehead atoms. The molecule has 2 heterocycles. The first-order valence-electron chi connectivity index (χ1n) is 5.86. The van der Waals surface area contributed by atoms with E-state index in [0.717, 1.165) is 12.6 Å². The topological polar surface area (TPSA) is 112 Å². The molecule has 1 aromatic rings. The summed E-state index contributed by atoms with van der Waals surface area (Å²) in [6, 6.07) is -0.0791. The van der Waals surface area contributed by atoms with Gasteiger partial charge in [0.15, 0.2) is 0 Å². The summed E-state index contributed by atoms with van der Waals surface area (Å²) in [5.74, 6) is -0.0298. The molecule has 1 amide bonds. The molecule has 2 atom stereocenters. The molecule has 0 spiro atoms. The Hall–Kier alpha value is -1.89. The molecule has 2 unspecified atom stereocenters. The Balaban J connectivity index is 2.22. The molecule has 0 aliphatic carbocycles. The van der Waals surface area contributed by atoms with Crippen LogP contribution in [0.15, 0.2) is 15.8 Å². The lowest BCUT2D eigenvalue weighted by molar-refractivity contribution is 0.0670. The second-order valence-corrected chi connectivity index (χ2v) is 4.67. The van der Waals surface area contributed by atoms with Crippen LogP contribution in [0.4, 0.5) is 0 Å². The van der Waals surface area contributed by atoms with Crippen molar-refractivity contribution in [1.29, 1.82) is 0 Å². The molecular formula is C11H16N4O3. The Labute approximate surface area is 103 Å². The van der Waals surface area contributed by atoms with Crippen molar-refractivity contribution in [1.82, 2.24) is 14.9 Å². The van der Waals surface area contributed by atoms with E-state index in [1.165, 1.54) is 0 Å². The first kappa shape index (κ1) is 12.6. The molecule has 1 aliphatic rings. The Morgan fingerprint density at radius 2 is 2.22 bits per heavy atom. The SMILES string of the molecule is CC1CCN(C(=O)c2c[nH]c(=O)[nH]c2=O)CC1N. The number of aromatic nitrogens is 2. The molecule has 7 nitrogen and oxygen atoms in total. The van der Waals surface area contributed by atoms with Gasteiger partial charge < -0.3 is 15.6 Å². The van der Waals surface area contributed by atoms with Crippen LogP contribution in [0.25, 0.3) is 0 Å². The number of piperidine rings is 1. The van der Waals surface area contributed by atoms with Crippen LogP contribution in [0.1, 0.15) is 23.7 Å². The van der Waals surface area contributed by atoms with E-state index < -0.39 is 17.2 Å². The maximum absolute atomic E-state index is 12.1. The molecule has 1 aromatic heterocycles. The molecule has 18 heavy (non-hydrogen) atoms. The summed E-state index contributed by atoms with van der Waals surface area (Å²) in [6.45, 7) is 3.05. The van der Waals surface area contributed by atoms with Gasteiger partial charge in [-0.25, -0.2) is 4.79 Å². The van der Waals surface area contributed by atoms with Crippen LogP contribution in [-0.2, 0) is 0 Å². The Morgan fingerprint density at radius 3 is 2.83 bits per heavy atom. The monoisotopic (exact) mass is 252 g/mol. The van der Waals surface area contributed by atoms with Gasteiger partial charge >= 0.3 is 5.69 Å². The van der Waals surface area contributed by atoms with Crippen LogP contribution < -0.4 is 17.0 Å². The largest absolute Gasteiger partial charge is 0.337 e. The average molecular weight is 252 g/mol. The van der Waals surface area contributed by atoms with E-state index in [4.69, 9.17) is 5.73 Å². The number of likely N-dealkylation sites (tertiary alicyclic amines) is 1. The van der Waals surface area contributed by atoms with Gasteiger partial charge in [0.1, 0.15) is 5.56 Å². The van der Waals surface area contributed by atoms with Crippen molar-refractivity contribution in [2.75, 3.05) is 13.1 Å².